The Morgan fingerprint density at radius 2 is 2.03 bits per heavy atom. The van der Waals surface area contributed by atoms with Crippen molar-refractivity contribution in [2.45, 2.75) is 26.2 Å². The molecular weight excluding hydrogens is 550 g/mol. The number of benzene rings is 1. The van der Waals surface area contributed by atoms with Gasteiger partial charge in [0.1, 0.15) is 11.6 Å². The maximum Gasteiger partial charge on any atom is 0.191 e. The highest BCUT2D eigenvalue weighted by Gasteiger charge is 2.05. The zero-order valence-corrected chi connectivity index (χ0v) is 20.2. The molecule has 0 saturated heterocycles. The van der Waals surface area contributed by atoms with Crippen LogP contribution in [0.15, 0.2) is 52.1 Å². The third-order valence-corrected chi connectivity index (χ3v) is 4.75. The first kappa shape index (κ1) is 23.5. The number of aryl methyl sites for hydroxylation is 1. The second-order valence-corrected chi connectivity index (χ2v) is 7.24. The SMILES string of the molecule is CCNC(=NCCCc1ccc(Br)cc1F)NCCc1nnc2ccccn12.I. The molecule has 2 aromatic heterocycles. The summed E-state index contributed by atoms with van der Waals surface area (Å²) in [5, 5.41) is 14.9. The molecule has 0 atom stereocenters. The Labute approximate surface area is 195 Å². The molecule has 156 valence electrons. The first-order valence-corrected chi connectivity index (χ1v) is 10.2. The van der Waals surface area contributed by atoms with Crippen LogP contribution < -0.4 is 10.6 Å². The summed E-state index contributed by atoms with van der Waals surface area (Å²) in [6.45, 7) is 4.13. The van der Waals surface area contributed by atoms with Gasteiger partial charge >= 0.3 is 0 Å². The quantitative estimate of drug-likeness (QED) is 0.185. The number of nitrogens with one attached hydrogen (secondary N) is 2. The minimum atomic E-state index is -0.177. The highest BCUT2D eigenvalue weighted by molar-refractivity contribution is 14.0. The van der Waals surface area contributed by atoms with E-state index in [0.29, 0.717) is 19.5 Å². The van der Waals surface area contributed by atoms with Crippen molar-refractivity contribution in [2.75, 3.05) is 19.6 Å². The van der Waals surface area contributed by atoms with E-state index in [1.165, 1.54) is 6.07 Å². The van der Waals surface area contributed by atoms with Crippen LogP contribution in [0, 0.1) is 5.82 Å². The van der Waals surface area contributed by atoms with Gasteiger partial charge in [0.15, 0.2) is 11.6 Å². The van der Waals surface area contributed by atoms with E-state index in [4.69, 9.17) is 0 Å². The summed E-state index contributed by atoms with van der Waals surface area (Å²) in [6, 6.07) is 11.0. The highest BCUT2D eigenvalue weighted by atomic mass is 127. The predicted molar refractivity (Wildman–Crippen MR) is 129 cm³/mol. The Kier molecular flexibility index (Phi) is 9.79. The van der Waals surface area contributed by atoms with Crippen molar-refractivity contribution in [3.8, 4) is 0 Å². The Balaban J connectivity index is 0.00000300. The fraction of sp³-hybridized carbons (Fsp3) is 0.350. The number of fused-ring (bicyclic) bond motifs is 1. The Bertz CT molecular complexity index is 946. The minimum absolute atomic E-state index is 0. The molecule has 29 heavy (non-hydrogen) atoms. The van der Waals surface area contributed by atoms with E-state index in [1.54, 1.807) is 0 Å². The van der Waals surface area contributed by atoms with Gasteiger partial charge in [-0.2, -0.15) is 0 Å². The van der Waals surface area contributed by atoms with E-state index >= 15 is 0 Å². The lowest BCUT2D eigenvalue weighted by atomic mass is 10.1. The molecular formula is C20H25BrFIN6. The van der Waals surface area contributed by atoms with Crippen molar-refractivity contribution < 1.29 is 4.39 Å². The molecule has 2 N–H and O–H groups in total. The van der Waals surface area contributed by atoms with E-state index in [2.05, 4.69) is 41.8 Å². The highest BCUT2D eigenvalue weighted by Crippen LogP contribution is 2.16. The molecule has 0 radical (unpaired) electrons. The average molecular weight is 575 g/mol. The van der Waals surface area contributed by atoms with Crippen molar-refractivity contribution in [3.05, 3.63) is 64.3 Å². The van der Waals surface area contributed by atoms with Gasteiger partial charge in [0.25, 0.3) is 0 Å². The Morgan fingerprint density at radius 1 is 1.17 bits per heavy atom. The van der Waals surface area contributed by atoms with Gasteiger partial charge < -0.3 is 10.6 Å². The Morgan fingerprint density at radius 3 is 2.83 bits per heavy atom. The molecule has 0 saturated carbocycles. The van der Waals surface area contributed by atoms with Gasteiger partial charge in [0.05, 0.1) is 0 Å². The van der Waals surface area contributed by atoms with Crippen LogP contribution in [0.1, 0.15) is 24.7 Å². The second-order valence-electron chi connectivity index (χ2n) is 6.32. The van der Waals surface area contributed by atoms with E-state index in [9.17, 15) is 4.39 Å². The number of guanidine groups is 1. The largest absolute Gasteiger partial charge is 0.357 e. The molecule has 0 aliphatic rings. The first-order valence-electron chi connectivity index (χ1n) is 9.42. The number of rotatable bonds is 8. The van der Waals surface area contributed by atoms with Gasteiger partial charge in [-0.1, -0.05) is 28.1 Å². The zero-order chi connectivity index (χ0) is 19.8. The lowest BCUT2D eigenvalue weighted by Crippen LogP contribution is -2.38. The number of hydrogen-bond donors (Lipinski definition) is 2. The Hall–Kier alpha value is -1.75. The van der Waals surface area contributed by atoms with Crippen LogP contribution >= 0.6 is 39.9 Å². The lowest BCUT2D eigenvalue weighted by molar-refractivity contribution is 0.604. The number of pyridine rings is 1. The summed E-state index contributed by atoms with van der Waals surface area (Å²) in [4.78, 5) is 4.58. The maximum atomic E-state index is 13.9. The second kappa shape index (κ2) is 12.1. The molecule has 2 heterocycles. The molecule has 9 heteroatoms. The van der Waals surface area contributed by atoms with Crippen LogP contribution in [-0.2, 0) is 12.8 Å². The maximum absolute atomic E-state index is 13.9. The molecule has 0 aliphatic heterocycles. The summed E-state index contributed by atoms with van der Waals surface area (Å²) in [5.41, 5.74) is 1.56. The number of aromatic nitrogens is 3. The molecule has 1 aromatic carbocycles. The molecule has 0 unspecified atom stereocenters. The van der Waals surface area contributed by atoms with E-state index < -0.39 is 0 Å². The van der Waals surface area contributed by atoms with Crippen LogP contribution in [0.5, 0.6) is 0 Å². The van der Waals surface area contributed by atoms with Crippen LogP contribution in [0.4, 0.5) is 4.39 Å². The number of hydrogen-bond acceptors (Lipinski definition) is 3. The van der Waals surface area contributed by atoms with Gasteiger partial charge in [-0.05, 0) is 49.6 Å². The van der Waals surface area contributed by atoms with Crippen molar-refractivity contribution >= 4 is 51.5 Å². The van der Waals surface area contributed by atoms with Crippen molar-refractivity contribution in [1.82, 2.24) is 25.2 Å². The fourth-order valence-electron chi connectivity index (χ4n) is 2.88. The normalized spacial score (nSPS) is 11.3. The van der Waals surface area contributed by atoms with Crippen LogP contribution in [0.25, 0.3) is 5.65 Å². The topological polar surface area (TPSA) is 66.6 Å². The zero-order valence-electron chi connectivity index (χ0n) is 16.2. The first-order chi connectivity index (χ1) is 13.7. The number of aliphatic imine (C=N–C) groups is 1. The van der Waals surface area contributed by atoms with Crippen LogP contribution in [-0.4, -0.2) is 40.2 Å². The summed E-state index contributed by atoms with van der Waals surface area (Å²) in [5.74, 6) is 1.49. The molecule has 0 amide bonds. The van der Waals surface area contributed by atoms with Crippen molar-refractivity contribution in [3.63, 3.8) is 0 Å². The van der Waals surface area contributed by atoms with Crippen LogP contribution in [0.2, 0.25) is 0 Å². The number of nitrogens with zero attached hydrogens (tertiary/aromatic N) is 4. The van der Waals surface area contributed by atoms with Gasteiger partial charge in [0.2, 0.25) is 0 Å². The molecule has 0 fully saturated rings. The molecule has 3 aromatic rings. The van der Waals surface area contributed by atoms with Gasteiger partial charge in [-0.3, -0.25) is 9.39 Å². The van der Waals surface area contributed by atoms with Gasteiger partial charge in [0, 0.05) is 36.7 Å². The summed E-state index contributed by atoms with van der Waals surface area (Å²) < 4.78 is 16.6. The smallest absolute Gasteiger partial charge is 0.191 e. The number of halogens is 3. The molecule has 3 rings (SSSR count). The minimum Gasteiger partial charge on any atom is -0.357 e. The summed E-state index contributed by atoms with van der Waals surface area (Å²) in [7, 11) is 0. The molecule has 0 aliphatic carbocycles. The lowest BCUT2D eigenvalue weighted by Gasteiger charge is -2.11. The molecule has 6 nitrogen and oxygen atoms in total. The van der Waals surface area contributed by atoms with E-state index in [-0.39, 0.29) is 29.8 Å². The van der Waals surface area contributed by atoms with Gasteiger partial charge in [-0.15, -0.1) is 34.2 Å². The third-order valence-electron chi connectivity index (χ3n) is 4.26. The standard InChI is InChI=1S/C20H24BrFN6.HI/c1-2-23-20(24-11-5-6-15-8-9-16(21)14-17(15)22)25-12-10-19-27-26-18-7-3-4-13-28(18)19;/h3-4,7-9,13-14H,2,5-6,10-12H2,1H3,(H2,23,24,25);1H. The average Bonchev–Trinajstić information content (AvgIpc) is 3.10. The third kappa shape index (κ3) is 6.91. The predicted octanol–water partition coefficient (Wildman–Crippen LogP) is 3.98. The van der Waals surface area contributed by atoms with Crippen molar-refractivity contribution in [2.24, 2.45) is 4.99 Å². The van der Waals surface area contributed by atoms with E-state index in [1.807, 2.05) is 47.9 Å². The van der Waals surface area contributed by atoms with Gasteiger partial charge in [-0.25, -0.2) is 4.39 Å². The van der Waals surface area contributed by atoms with E-state index in [0.717, 1.165) is 46.9 Å². The van der Waals surface area contributed by atoms with Crippen LogP contribution in [0.3, 0.4) is 0 Å². The summed E-state index contributed by atoms with van der Waals surface area (Å²) in [6.07, 6.45) is 4.14. The molecule has 0 spiro atoms. The fourth-order valence-corrected chi connectivity index (χ4v) is 3.21. The van der Waals surface area contributed by atoms with Crippen molar-refractivity contribution in [1.29, 1.82) is 0 Å². The monoisotopic (exact) mass is 574 g/mol. The summed E-state index contributed by atoms with van der Waals surface area (Å²) >= 11 is 3.28. The molecule has 0 bridgehead atoms.